The van der Waals surface area contributed by atoms with Crippen molar-refractivity contribution in [3.8, 4) is 5.75 Å². The third kappa shape index (κ3) is 4.78. The van der Waals surface area contributed by atoms with E-state index in [9.17, 15) is 4.79 Å². The molecule has 5 aromatic rings. The molecule has 202 valence electrons. The summed E-state index contributed by atoms with van der Waals surface area (Å²) in [6.07, 6.45) is 1.88. The zero-order chi connectivity index (χ0) is 28.5. The Kier molecular flexibility index (Phi) is 6.45. The molecular formula is C37H26N2O3. The number of nitrogens with zero attached hydrogens (tertiary/aromatic N) is 2. The lowest BCUT2D eigenvalue weighted by Crippen LogP contribution is -2.10. The fraction of sp³-hybridized carbons (Fsp3) is 0.0270. The summed E-state index contributed by atoms with van der Waals surface area (Å²) in [5, 5.41) is 0. The van der Waals surface area contributed by atoms with Crippen LogP contribution in [0.25, 0.3) is 11.3 Å². The van der Waals surface area contributed by atoms with E-state index in [-0.39, 0.29) is 5.70 Å². The Hall–Kier alpha value is -5.68. The van der Waals surface area contributed by atoms with Gasteiger partial charge in [0.15, 0.2) is 5.70 Å². The number of esters is 1. The number of hydrogen-bond acceptors (Lipinski definition) is 5. The van der Waals surface area contributed by atoms with E-state index in [0.29, 0.717) is 23.0 Å². The molecule has 0 bridgehead atoms. The monoisotopic (exact) mass is 546 g/mol. The van der Waals surface area contributed by atoms with Gasteiger partial charge in [0.1, 0.15) is 11.5 Å². The Morgan fingerprint density at radius 2 is 1.29 bits per heavy atom. The van der Waals surface area contributed by atoms with Gasteiger partial charge in [-0.2, -0.15) is 0 Å². The van der Waals surface area contributed by atoms with Crippen molar-refractivity contribution in [1.29, 1.82) is 0 Å². The molecule has 0 unspecified atom stereocenters. The molecule has 0 spiro atoms. The average molecular weight is 547 g/mol. The number of aryl methyl sites for hydroxylation is 1. The molecule has 42 heavy (non-hydrogen) atoms. The van der Waals surface area contributed by atoms with E-state index in [1.54, 1.807) is 0 Å². The number of aliphatic imine (C=N–C) groups is 1. The van der Waals surface area contributed by atoms with Crippen molar-refractivity contribution in [2.75, 3.05) is 4.90 Å². The number of fused-ring (bicyclic) bond motifs is 1. The average Bonchev–Trinajstić information content (AvgIpc) is 3.43. The van der Waals surface area contributed by atoms with E-state index in [1.807, 2.05) is 91.0 Å². The van der Waals surface area contributed by atoms with Crippen LogP contribution in [-0.4, -0.2) is 11.9 Å². The maximum Gasteiger partial charge on any atom is 0.364 e. The van der Waals surface area contributed by atoms with Crippen LogP contribution in [0, 0.1) is 6.92 Å². The molecule has 0 saturated heterocycles. The van der Waals surface area contributed by atoms with Crippen molar-refractivity contribution >= 4 is 40.3 Å². The third-order valence-electron chi connectivity index (χ3n) is 7.23. The number of carbonyl (C=O) groups is 1. The van der Waals surface area contributed by atoms with Crippen LogP contribution in [0.3, 0.4) is 0 Å². The lowest BCUT2D eigenvalue weighted by molar-refractivity contribution is -0.129. The predicted molar refractivity (Wildman–Crippen MR) is 167 cm³/mol. The van der Waals surface area contributed by atoms with Gasteiger partial charge in [-0.05, 0) is 85.3 Å². The van der Waals surface area contributed by atoms with Crippen LogP contribution in [0.2, 0.25) is 0 Å². The fourth-order valence-electron chi connectivity index (χ4n) is 5.22. The van der Waals surface area contributed by atoms with E-state index in [0.717, 1.165) is 33.8 Å². The molecule has 0 radical (unpaired) electrons. The van der Waals surface area contributed by atoms with Gasteiger partial charge in [0.2, 0.25) is 5.90 Å². The van der Waals surface area contributed by atoms with Crippen molar-refractivity contribution in [2.45, 2.75) is 6.92 Å². The van der Waals surface area contributed by atoms with Crippen molar-refractivity contribution in [3.05, 3.63) is 167 Å². The zero-order valence-electron chi connectivity index (χ0n) is 22.9. The summed E-state index contributed by atoms with van der Waals surface area (Å²) < 4.78 is 11.9. The lowest BCUT2D eigenvalue weighted by Gasteiger charge is -2.26. The first-order chi connectivity index (χ1) is 20.6. The van der Waals surface area contributed by atoms with Crippen LogP contribution in [0.15, 0.2) is 150 Å². The summed E-state index contributed by atoms with van der Waals surface area (Å²) in [7, 11) is 0. The minimum absolute atomic E-state index is 0.258. The number of rotatable bonds is 5. The van der Waals surface area contributed by atoms with Crippen LogP contribution >= 0.6 is 0 Å². The molecule has 2 aliphatic heterocycles. The number of hydrogen-bond donors (Lipinski definition) is 0. The van der Waals surface area contributed by atoms with Gasteiger partial charge in [-0.3, -0.25) is 0 Å². The molecule has 0 aromatic heterocycles. The summed E-state index contributed by atoms with van der Waals surface area (Å²) in [5.74, 6) is 1.09. The first-order valence-electron chi connectivity index (χ1n) is 13.8. The highest BCUT2D eigenvalue weighted by Crippen LogP contribution is 2.41. The van der Waals surface area contributed by atoms with Gasteiger partial charge in [-0.25, -0.2) is 9.79 Å². The van der Waals surface area contributed by atoms with E-state index in [2.05, 4.69) is 65.3 Å². The first-order valence-corrected chi connectivity index (χ1v) is 13.8. The van der Waals surface area contributed by atoms with Crippen LogP contribution < -0.4 is 9.64 Å². The number of anilines is 3. The highest BCUT2D eigenvalue weighted by molar-refractivity contribution is 6.15. The van der Waals surface area contributed by atoms with Gasteiger partial charge in [0, 0.05) is 39.3 Å². The molecule has 0 saturated carbocycles. The third-order valence-corrected chi connectivity index (χ3v) is 7.23. The number of cyclic esters (lactones) is 1. The number of ether oxygens (including phenoxy) is 2. The Morgan fingerprint density at radius 3 is 2.05 bits per heavy atom. The van der Waals surface area contributed by atoms with Crippen LogP contribution in [0.4, 0.5) is 17.1 Å². The lowest BCUT2D eigenvalue weighted by atomic mass is 9.97. The highest BCUT2D eigenvalue weighted by Gasteiger charge is 2.30. The maximum absolute atomic E-state index is 13.1. The van der Waals surface area contributed by atoms with Gasteiger partial charge in [-0.15, -0.1) is 0 Å². The molecule has 0 fully saturated rings. The maximum atomic E-state index is 13.1. The second kappa shape index (κ2) is 10.7. The molecule has 0 atom stereocenters. The van der Waals surface area contributed by atoms with Gasteiger partial charge in [0.25, 0.3) is 0 Å². The molecule has 0 N–H and O–H groups in total. The smallest absolute Gasteiger partial charge is 0.364 e. The highest BCUT2D eigenvalue weighted by atomic mass is 16.6. The number of allylic oxidation sites excluding steroid dienone is 2. The number of carbonyl (C=O) groups excluding carboxylic acids is 1. The van der Waals surface area contributed by atoms with Gasteiger partial charge < -0.3 is 14.4 Å². The molecule has 5 aromatic carbocycles. The molecule has 5 nitrogen and oxygen atoms in total. The zero-order valence-corrected chi connectivity index (χ0v) is 22.9. The topological polar surface area (TPSA) is 51.1 Å². The molecule has 0 aliphatic carbocycles. The van der Waals surface area contributed by atoms with Crippen molar-refractivity contribution < 1.29 is 14.3 Å². The van der Waals surface area contributed by atoms with Crippen molar-refractivity contribution in [3.63, 3.8) is 0 Å². The summed E-state index contributed by atoms with van der Waals surface area (Å²) in [4.78, 5) is 19.9. The first kappa shape index (κ1) is 25.3. The van der Waals surface area contributed by atoms with Crippen LogP contribution in [-0.2, 0) is 9.53 Å². The Balaban J connectivity index is 1.29. The van der Waals surface area contributed by atoms with Gasteiger partial charge >= 0.3 is 5.97 Å². The molecule has 2 aliphatic rings. The molecular weight excluding hydrogens is 520 g/mol. The molecule has 5 heteroatoms. The SMILES string of the molecule is Cc1cccc(N(c2ccccc2)c2ccc(C3=C/C(=C4\N=C(c5ccccc5)OC4=O)c4ccccc4O3)cc2)c1. The van der Waals surface area contributed by atoms with E-state index in [1.165, 1.54) is 5.56 Å². The normalized spacial score (nSPS) is 15.7. The standard InChI is InChI=1S/C37H26N2O3/c1-25-11-10-16-30(23-25)39(28-14-6-3-7-15-28)29-21-19-26(20-22-29)34-24-32(31-17-8-9-18-33(31)41-34)35-37(40)42-36(38-35)27-12-4-2-5-13-27/h2-24H,1H3/b35-32+. The Bertz CT molecular complexity index is 1890. The quantitative estimate of drug-likeness (QED) is 0.164. The molecule has 2 heterocycles. The minimum Gasteiger partial charge on any atom is -0.456 e. The van der Waals surface area contributed by atoms with Crippen LogP contribution in [0.1, 0.15) is 22.3 Å². The molecule has 0 amide bonds. The van der Waals surface area contributed by atoms with E-state index < -0.39 is 5.97 Å². The second-order valence-electron chi connectivity index (χ2n) is 10.1. The predicted octanol–water partition coefficient (Wildman–Crippen LogP) is 8.61. The van der Waals surface area contributed by atoms with Crippen LogP contribution in [0.5, 0.6) is 5.75 Å². The largest absolute Gasteiger partial charge is 0.456 e. The molecule has 7 rings (SSSR count). The minimum atomic E-state index is -0.483. The fourth-order valence-corrected chi connectivity index (χ4v) is 5.22. The van der Waals surface area contributed by atoms with Crippen molar-refractivity contribution in [1.82, 2.24) is 0 Å². The van der Waals surface area contributed by atoms with E-state index in [4.69, 9.17) is 9.47 Å². The Labute approximate surface area is 244 Å². The summed E-state index contributed by atoms with van der Waals surface area (Å²) in [5.41, 5.74) is 7.69. The number of benzene rings is 5. The number of para-hydroxylation sites is 2. The van der Waals surface area contributed by atoms with Gasteiger partial charge in [0.05, 0.1) is 0 Å². The van der Waals surface area contributed by atoms with Gasteiger partial charge in [-0.1, -0.05) is 66.7 Å². The second-order valence-corrected chi connectivity index (χ2v) is 10.1. The van der Waals surface area contributed by atoms with E-state index >= 15 is 0 Å². The van der Waals surface area contributed by atoms with Crippen molar-refractivity contribution in [2.24, 2.45) is 4.99 Å². The Morgan fingerprint density at radius 1 is 0.619 bits per heavy atom. The summed E-state index contributed by atoms with van der Waals surface area (Å²) in [6.45, 7) is 2.10. The summed E-state index contributed by atoms with van der Waals surface area (Å²) >= 11 is 0. The summed E-state index contributed by atoms with van der Waals surface area (Å²) in [6, 6.07) is 44.1.